The van der Waals surface area contributed by atoms with E-state index in [2.05, 4.69) is 15.6 Å². The van der Waals surface area contributed by atoms with Crippen LogP contribution in [0.1, 0.15) is 22.6 Å². The fourth-order valence-corrected chi connectivity index (χ4v) is 3.82. The SMILES string of the molecule is Cc1nc(C=C(C(=O)NCCc2ccccc2)C(=O)NCCc2ccccc2)c2ccccn12. The van der Waals surface area contributed by atoms with Crippen LogP contribution in [-0.2, 0) is 22.4 Å². The zero-order valence-corrected chi connectivity index (χ0v) is 19.2. The number of rotatable bonds is 9. The van der Waals surface area contributed by atoms with Crippen molar-refractivity contribution in [3.63, 3.8) is 0 Å². The molecule has 0 saturated carbocycles. The van der Waals surface area contributed by atoms with Gasteiger partial charge in [-0.2, -0.15) is 0 Å². The van der Waals surface area contributed by atoms with Gasteiger partial charge >= 0.3 is 0 Å². The van der Waals surface area contributed by atoms with Gasteiger partial charge in [0.25, 0.3) is 11.8 Å². The molecule has 0 aliphatic rings. The van der Waals surface area contributed by atoms with Gasteiger partial charge in [-0.05, 0) is 49.1 Å². The molecular weight excluding hydrogens is 424 g/mol. The first-order valence-electron chi connectivity index (χ1n) is 11.4. The number of benzene rings is 2. The Morgan fingerprint density at radius 2 is 1.32 bits per heavy atom. The number of fused-ring (bicyclic) bond motifs is 1. The van der Waals surface area contributed by atoms with Gasteiger partial charge in [0, 0.05) is 19.3 Å². The van der Waals surface area contributed by atoms with Gasteiger partial charge in [0.05, 0.1) is 11.2 Å². The van der Waals surface area contributed by atoms with E-state index in [1.54, 1.807) is 6.08 Å². The maximum Gasteiger partial charge on any atom is 0.256 e. The van der Waals surface area contributed by atoms with Crippen LogP contribution in [0.15, 0.2) is 90.6 Å². The van der Waals surface area contributed by atoms with Gasteiger partial charge in [-0.25, -0.2) is 4.98 Å². The Labute approximate surface area is 199 Å². The second-order valence-electron chi connectivity index (χ2n) is 8.04. The van der Waals surface area contributed by atoms with Crippen LogP contribution < -0.4 is 10.6 Å². The number of hydrogen-bond donors (Lipinski definition) is 2. The van der Waals surface area contributed by atoms with Crippen LogP contribution in [0.4, 0.5) is 0 Å². The molecular formula is C28H28N4O2. The number of aryl methyl sites for hydroxylation is 1. The standard InChI is InChI=1S/C28H28N4O2/c1-21-31-25(26-14-8-9-19-32(21)26)20-24(27(33)29-17-15-22-10-4-2-5-11-22)28(34)30-18-16-23-12-6-3-7-13-23/h2-14,19-20H,15-18H2,1H3,(H,29,33)(H,30,34). The minimum absolute atomic E-state index is 0.0463. The van der Waals surface area contributed by atoms with E-state index in [1.807, 2.05) is 96.4 Å². The highest BCUT2D eigenvalue weighted by Crippen LogP contribution is 2.16. The molecule has 6 heteroatoms. The number of nitrogens with zero attached hydrogens (tertiary/aromatic N) is 2. The highest BCUT2D eigenvalue weighted by atomic mass is 16.2. The molecule has 0 atom stereocenters. The molecule has 4 rings (SSSR count). The molecule has 6 nitrogen and oxygen atoms in total. The summed E-state index contributed by atoms with van der Waals surface area (Å²) in [5.41, 5.74) is 3.72. The van der Waals surface area contributed by atoms with Crippen LogP contribution in [0, 0.1) is 6.92 Å². The molecule has 34 heavy (non-hydrogen) atoms. The van der Waals surface area contributed by atoms with E-state index in [0.717, 1.165) is 22.5 Å². The van der Waals surface area contributed by atoms with Gasteiger partial charge in [0.1, 0.15) is 11.4 Å². The average molecular weight is 453 g/mol. The van der Waals surface area contributed by atoms with E-state index >= 15 is 0 Å². The molecule has 0 unspecified atom stereocenters. The van der Waals surface area contributed by atoms with Crippen LogP contribution in [0.3, 0.4) is 0 Å². The summed E-state index contributed by atoms with van der Waals surface area (Å²) >= 11 is 0. The molecule has 0 aliphatic carbocycles. The molecule has 2 heterocycles. The molecule has 0 spiro atoms. The fraction of sp³-hybridized carbons (Fsp3) is 0.179. The lowest BCUT2D eigenvalue weighted by Gasteiger charge is -2.10. The molecule has 0 fully saturated rings. The first-order valence-corrected chi connectivity index (χ1v) is 11.4. The first kappa shape index (κ1) is 23.0. The molecule has 0 bridgehead atoms. The minimum atomic E-state index is -0.414. The number of hydrogen-bond acceptors (Lipinski definition) is 3. The van der Waals surface area contributed by atoms with Crippen LogP contribution in [0.25, 0.3) is 11.6 Å². The zero-order chi connectivity index (χ0) is 23.8. The van der Waals surface area contributed by atoms with Crippen LogP contribution in [0.2, 0.25) is 0 Å². The topological polar surface area (TPSA) is 75.5 Å². The van der Waals surface area contributed by atoms with Crippen molar-refractivity contribution in [2.75, 3.05) is 13.1 Å². The lowest BCUT2D eigenvalue weighted by Crippen LogP contribution is -2.36. The van der Waals surface area contributed by atoms with E-state index in [4.69, 9.17) is 0 Å². The van der Waals surface area contributed by atoms with Gasteiger partial charge in [0.2, 0.25) is 0 Å². The average Bonchev–Trinajstić information content (AvgIpc) is 3.19. The smallest absolute Gasteiger partial charge is 0.256 e. The van der Waals surface area contributed by atoms with E-state index in [0.29, 0.717) is 31.6 Å². The van der Waals surface area contributed by atoms with Crippen molar-refractivity contribution in [1.29, 1.82) is 0 Å². The van der Waals surface area contributed by atoms with Gasteiger partial charge in [-0.15, -0.1) is 0 Å². The second-order valence-corrected chi connectivity index (χ2v) is 8.04. The van der Waals surface area contributed by atoms with Crippen molar-refractivity contribution < 1.29 is 9.59 Å². The monoisotopic (exact) mass is 452 g/mol. The lowest BCUT2D eigenvalue weighted by molar-refractivity contribution is -0.123. The Hall–Kier alpha value is -4.19. The summed E-state index contributed by atoms with van der Waals surface area (Å²) in [5, 5.41) is 5.79. The summed E-state index contributed by atoms with van der Waals surface area (Å²) in [5.74, 6) is -0.0408. The molecule has 172 valence electrons. The summed E-state index contributed by atoms with van der Waals surface area (Å²) in [6.45, 7) is 2.75. The number of amides is 2. The summed E-state index contributed by atoms with van der Waals surface area (Å²) in [6, 6.07) is 25.6. The lowest BCUT2D eigenvalue weighted by atomic mass is 10.1. The summed E-state index contributed by atoms with van der Waals surface area (Å²) in [7, 11) is 0. The van der Waals surface area contributed by atoms with E-state index in [9.17, 15) is 9.59 Å². The third-order valence-corrected chi connectivity index (χ3v) is 5.61. The number of carbonyl (C=O) groups is 2. The molecule has 2 aromatic heterocycles. The zero-order valence-electron chi connectivity index (χ0n) is 19.2. The summed E-state index contributed by atoms with van der Waals surface area (Å²) in [6.07, 6.45) is 4.86. The Morgan fingerprint density at radius 1 is 0.794 bits per heavy atom. The van der Waals surface area contributed by atoms with E-state index in [-0.39, 0.29) is 5.57 Å². The predicted molar refractivity (Wildman–Crippen MR) is 134 cm³/mol. The quantitative estimate of drug-likeness (QED) is 0.231. The van der Waals surface area contributed by atoms with Gasteiger partial charge in [0.15, 0.2) is 0 Å². The molecule has 2 aromatic carbocycles. The van der Waals surface area contributed by atoms with Gasteiger partial charge < -0.3 is 15.0 Å². The minimum Gasteiger partial charge on any atom is -0.352 e. The molecule has 2 amide bonds. The fourth-order valence-electron chi connectivity index (χ4n) is 3.82. The second kappa shape index (κ2) is 11.1. The highest BCUT2D eigenvalue weighted by Gasteiger charge is 2.19. The van der Waals surface area contributed by atoms with Crippen molar-refractivity contribution in [3.05, 3.63) is 113 Å². The van der Waals surface area contributed by atoms with Crippen molar-refractivity contribution in [2.45, 2.75) is 19.8 Å². The molecule has 2 N–H and O–H groups in total. The Kier molecular flexibility index (Phi) is 7.50. The third-order valence-electron chi connectivity index (χ3n) is 5.61. The van der Waals surface area contributed by atoms with E-state index in [1.165, 1.54) is 0 Å². The largest absolute Gasteiger partial charge is 0.352 e. The van der Waals surface area contributed by atoms with E-state index < -0.39 is 11.8 Å². The summed E-state index contributed by atoms with van der Waals surface area (Å²) < 4.78 is 1.93. The van der Waals surface area contributed by atoms with Crippen LogP contribution in [-0.4, -0.2) is 34.3 Å². The van der Waals surface area contributed by atoms with Crippen molar-refractivity contribution in [3.8, 4) is 0 Å². The number of carbonyl (C=O) groups excluding carboxylic acids is 2. The molecule has 0 saturated heterocycles. The third kappa shape index (κ3) is 5.78. The summed E-state index contributed by atoms with van der Waals surface area (Å²) in [4.78, 5) is 30.7. The van der Waals surface area contributed by atoms with Gasteiger partial charge in [-0.3, -0.25) is 9.59 Å². The highest BCUT2D eigenvalue weighted by molar-refractivity contribution is 6.21. The number of aromatic nitrogens is 2. The predicted octanol–water partition coefficient (Wildman–Crippen LogP) is 3.74. The molecule has 0 aliphatic heterocycles. The van der Waals surface area contributed by atoms with Crippen molar-refractivity contribution in [2.24, 2.45) is 0 Å². The number of imidazole rings is 1. The molecule has 0 radical (unpaired) electrons. The maximum absolute atomic E-state index is 13.1. The number of pyridine rings is 1. The van der Waals surface area contributed by atoms with Crippen LogP contribution in [0.5, 0.6) is 0 Å². The maximum atomic E-state index is 13.1. The van der Waals surface area contributed by atoms with Gasteiger partial charge in [-0.1, -0.05) is 66.7 Å². The normalized spacial score (nSPS) is 10.6. The van der Waals surface area contributed by atoms with Crippen molar-refractivity contribution >= 4 is 23.4 Å². The Morgan fingerprint density at radius 3 is 1.88 bits per heavy atom. The van der Waals surface area contributed by atoms with Crippen molar-refractivity contribution in [1.82, 2.24) is 20.0 Å². The first-order chi connectivity index (χ1) is 16.6. The van der Waals surface area contributed by atoms with Crippen LogP contribution >= 0.6 is 0 Å². The Bertz CT molecular complexity index is 1230. The number of nitrogens with one attached hydrogen (secondary N) is 2. The Balaban J connectivity index is 1.51. The molecule has 4 aromatic rings.